The number of carbonyl (C=O) groups excluding carboxylic acids is 1. The van der Waals surface area contributed by atoms with Gasteiger partial charge in [0.25, 0.3) is 5.91 Å². The molecule has 0 saturated carbocycles. The first kappa shape index (κ1) is 10.1. The fourth-order valence-corrected chi connectivity index (χ4v) is 2.17. The Morgan fingerprint density at radius 1 is 1.67 bits per heavy atom. The van der Waals surface area contributed by atoms with Gasteiger partial charge in [-0.1, -0.05) is 0 Å². The Kier molecular flexibility index (Phi) is 2.94. The van der Waals surface area contributed by atoms with Crippen LogP contribution in [-0.2, 0) is 4.74 Å². The van der Waals surface area contributed by atoms with Crippen LogP contribution in [0.25, 0.3) is 10.1 Å². The molecule has 0 saturated heterocycles. The molecule has 0 aliphatic heterocycles. The number of amides is 1. The van der Waals surface area contributed by atoms with Gasteiger partial charge in [0, 0.05) is 19.5 Å². The van der Waals surface area contributed by atoms with Gasteiger partial charge in [0.05, 0.1) is 9.58 Å². The van der Waals surface area contributed by atoms with E-state index < -0.39 is 0 Å². The number of methoxy groups -OCH3 is 1. The molecule has 0 aliphatic carbocycles. The van der Waals surface area contributed by atoms with Crippen molar-refractivity contribution in [1.82, 2.24) is 10.3 Å². The van der Waals surface area contributed by atoms with Crippen LogP contribution in [0.2, 0.25) is 0 Å². The Morgan fingerprint density at radius 3 is 3.27 bits per heavy atom. The molecule has 1 amide bonds. The Hall–Kier alpha value is -1.46. The maximum atomic E-state index is 11.6. The maximum absolute atomic E-state index is 11.6. The van der Waals surface area contributed by atoms with Gasteiger partial charge in [0.1, 0.15) is 6.73 Å². The van der Waals surface area contributed by atoms with Crippen LogP contribution < -0.4 is 5.32 Å². The average molecular weight is 222 g/mol. The molecule has 2 aromatic rings. The van der Waals surface area contributed by atoms with E-state index in [4.69, 9.17) is 4.74 Å². The average Bonchev–Trinajstić information content (AvgIpc) is 2.69. The molecule has 15 heavy (non-hydrogen) atoms. The van der Waals surface area contributed by atoms with Crippen molar-refractivity contribution < 1.29 is 9.53 Å². The van der Waals surface area contributed by atoms with Gasteiger partial charge >= 0.3 is 0 Å². The highest BCUT2D eigenvalue weighted by Crippen LogP contribution is 2.24. The van der Waals surface area contributed by atoms with Gasteiger partial charge in [-0.05, 0) is 17.5 Å². The Balaban J connectivity index is 2.25. The number of aromatic nitrogens is 1. The van der Waals surface area contributed by atoms with Crippen molar-refractivity contribution in [3.05, 3.63) is 29.4 Å². The number of rotatable bonds is 3. The molecular formula is C10H10N2O2S. The number of ether oxygens (including phenoxy) is 1. The standard InChI is InChI=1S/C10H10N2O2S/c1-14-6-12-10(13)8-4-7-2-3-11-5-9(7)15-8/h2-5H,6H2,1H3,(H,12,13). The van der Waals surface area contributed by atoms with E-state index in [1.165, 1.54) is 18.4 Å². The van der Waals surface area contributed by atoms with Gasteiger partial charge in [-0.15, -0.1) is 11.3 Å². The van der Waals surface area contributed by atoms with Gasteiger partial charge in [-0.25, -0.2) is 0 Å². The summed E-state index contributed by atoms with van der Waals surface area (Å²) in [6, 6.07) is 3.74. The van der Waals surface area contributed by atoms with Gasteiger partial charge in [-0.2, -0.15) is 0 Å². The Labute approximate surface area is 90.9 Å². The first-order valence-electron chi connectivity index (χ1n) is 4.42. The molecule has 4 nitrogen and oxygen atoms in total. The summed E-state index contributed by atoms with van der Waals surface area (Å²) in [4.78, 5) is 16.2. The van der Waals surface area contributed by atoms with Crippen LogP contribution in [0.5, 0.6) is 0 Å². The molecule has 2 rings (SSSR count). The van der Waals surface area contributed by atoms with Crippen molar-refractivity contribution in [2.75, 3.05) is 13.8 Å². The molecule has 0 radical (unpaired) electrons. The minimum atomic E-state index is -0.113. The van der Waals surface area contributed by atoms with E-state index in [9.17, 15) is 4.79 Å². The van der Waals surface area contributed by atoms with Crippen molar-refractivity contribution in [1.29, 1.82) is 0 Å². The summed E-state index contributed by atoms with van der Waals surface area (Å²) >= 11 is 1.43. The van der Waals surface area contributed by atoms with Crippen LogP contribution in [-0.4, -0.2) is 24.7 Å². The van der Waals surface area contributed by atoms with Crippen LogP contribution >= 0.6 is 11.3 Å². The normalized spacial score (nSPS) is 10.5. The van der Waals surface area contributed by atoms with E-state index in [2.05, 4.69) is 10.3 Å². The van der Waals surface area contributed by atoms with Crippen molar-refractivity contribution >= 4 is 27.3 Å². The molecule has 0 spiro atoms. The maximum Gasteiger partial charge on any atom is 0.263 e. The van der Waals surface area contributed by atoms with E-state index in [0.29, 0.717) is 4.88 Å². The fraction of sp³-hybridized carbons (Fsp3) is 0.200. The number of hydrogen-bond acceptors (Lipinski definition) is 4. The topological polar surface area (TPSA) is 51.2 Å². The zero-order valence-corrected chi connectivity index (χ0v) is 9.00. The smallest absolute Gasteiger partial charge is 0.263 e. The first-order valence-corrected chi connectivity index (χ1v) is 5.23. The molecule has 0 aliphatic rings. The summed E-state index contributed by atoms with van der Waals surface area (Å²) in [5.74, 6) is -0.113. The lowest BCUT2D eigenvalue weighted by molar-refractivity contribution is 0.0876. The SMILES string of the molecule is COCNC(=O)c1cc2ccncc2s1. The van der Waals surface area contributed by atoms with Gasteiger partial charge in [-0.3, -0.25) is 9.78 Å². The van der Waals surface area contributed by atoms with Crippen molar-refractivity contribution in [2.45, 2.75) is 0 Å². The monoisotopic (exact) mass is 222 g/mol. The Morgan fingerprint density at radius 2 is 2.53 bits per heavy atom. The molecule has 0 bridgehead atoms. The van der Waals surface area contributed by atoms with Crippen molar-refractivity contribution in [3.8, 4) is 0 Å². The van der Waals surface area contributed by atoms with Crippen LogP contribution in [0, 0.1) is 0 Å². The second kappa shape index (κ2) is 4.37. The highest BCUT2D eigenvalue weighted by atomic mass is 32.1. The summed E-state index contributed by atoms with van der Waals surface area (Å²) < 4.78 is 5.78. The Bertz CT molecular complexity index is 448. The van der Waals surface area contributed by atoms with E-state index in [0.717, 1.165) is 10.1 Å². The zero-order chi connectivity index (χ0) is 10.7. The number of nitrogens with zero attached hydrogens (tertiary/aromatic N) is 1. The molecule has 2 aromatic heterocycles. The summed E-state index contributed by atoms with van der Waals surface area (Å²) in [6.45, 7) is 0.228. The molecule has 1 N–H and O–H groups in total. The van der Waals surface area contributed by atoms with E-state index in [1.807, 2.05) is 12.1 Å². The molecule has 2 heterocycles. The molecule has 0 atom stereocenters. The van der Waals surface area contributed by atoms with Crippen LogP contribution in [0.1, 0.15) is 9.67 Å². The van der Waals surface area contributed by atoms with Gasteiger partial charge in [0.15, 0.2) is 0 Å². The van der Waals surface area contributed by atoms with Crippen LogP contribution in [0.4, 0.5) is 0 Å². The van der Waals surface area contributed by atoms with E-state index >= 15 is 0 Å². The predicted octanol–water partition coefficient (Wildman–Crippen LogP) is 1.63. The number of thiophene rings is 1. The van der Waals surface area contributed by atoms with Crippen molar-refractivity contribution in [3.63, 3.8) is 0 Å². The number of fused-ring (bicyclic) bond motifs is 1. The molecule has 0 aromatic carbocycles. The molecule has 5 heteroatoms. The predicted molar refractivity (Wildman–Crippen MR) is 59.0 cm³/mol. The second-order valence-electron chi connectivity index (χ2n) is 2.96. The van der Waals surface area contributed by atoms with Crippen molar-refractivity contribution in [2.24, 2.45) is 0 Å². The molecule has 78 valence electrons. The van der Waals surface area contributed by atoms with Gasteiger partial charge < -0.3 is 10.1 Å². The first-order chi connectivity index (χ1) is 7.31. The summed E-state index contributed by atoms with van der Waals surface area (Å²) in [5.41, 5.74) is 0. The lowest BCUT2D eigenvalue weighted by Gasteiger charge is -1.99. The van der Waals surface area contributed by atoms with Gasteiger partial charge in [0.2, 0.25) is 0 Å². The number of carbonyl (C=O) groups is 1. The number of nitrogens with one attached hydrogen (secondary N) is 1. The highest BCUT2D eigenvalue weighted by Gasteiger charge is 2.08. The van der Waals surface area contributed by atoms with E-state index in [1.54, 1.807) is 12.4 Å². The van der Waals surface area contributed by atoms with Crippen LogP contribution in [0.3, 0.4) is 0 Å². The molecular weight excluding hydrogens is 212 g/mol. The largest absolute Gasteiger partial charge is 0.364 e. The third-order valence-corrected chi connectivity index (χ3v) is 3.01. The lowest BCUT2D eigenvalue weighted by Crippen LogP contribution is -2.24. The minimum Gasteiger partial charge on any atom is -0.364 e. The summed E-state index contributed by atoms with van der Waals surface area (Å²) in [7, 11) is 1.54. The van der Waals surface area contributed by atoms with Crippen LogP contribution in [0.15, 0.2) is 24.5 Å². The minimum absolute atomic E-state index is 0.113. The summed E-state index contributed by atoms with van der Waals surface area (Å²) in [6.07, 6.45) is 3.47. The fourth-order valence-electron chi connectivity index (χ4n) is 1.22. The summed E-state index contributed by atoms with van der Waals surface area (Å²) in [5, 5.41) is 3.68. The third kappa shape index (κ3) is 2.14. The number of pyridine rings is 1. The van der Waals surface area contributed by atoms with E-state index in [-0.39, 0.29) is 12.6 Å². The number of hydrogen-bond donors (Lipinski definition) is 1. The molecule has 0 fully saturated rings. The third-order valence-electron chi connectivity index (χ3n) is 1.92. The second-order valence-corrected chi connectivity index (χ2v) is 4.05. The lowest BCUT2D eigenvalue weighted by atomic mass is 10.3. The molecule has 0 unspecified atom stereocenters. The highest BCUT2D eigenvalue weighted by molar-refractivity contribution is 7.20. The quantitative estimate of drug-likeness (QED) is 0.803. The zero-order valence-electron chi connectivity index (χ0n) is 8.19.